The van der Waals surface area contributed by atoms with Gasteiger partial charge in [-0.1, -0.05) is 221 Å². The average molecular weight is 1270 g/mol. The molecule has 0 bridgehead atoms. The van der Waals surface area contributed by atoms with E-state index in [0.717, 1.165) is 42.7 Å². The SMILES string of the molecule is Cc1cc2c(cc1N1c3cc(N(c4ccc(C(C)(C)C)cc4)c4ccc(C(C)(C)C)cc4)cc4c3B(c3cc5c(cc3N4c3ccc4c(c3)C(C)(C)CCC4(C)C)C(C)(C)CCC5(C)C)c3c1ccc1c3C(C)(C)c3cc4c(cc3-1)C(C)(C)CCC4(C)C)C(C)(C)CCC2(C)C. The Morgan fingerprint density at radius 1 is 0.323 bits per heavy atom. The summed E-state index contributed by atoms with van der Waals surface area (Å²) >= 11 is 0. The van der Waals surface area contributed by atoms with Crippen molar-refractivity contribution < 1.29 is 0 Å². The molecule has 8 aromatic rings. The molecular weight excluding hydrogens is 1160 g/mol. The number of benzene rings is 8. The molecule has 4 heteroatoms. The Balaban J connectivity index is 1.13. The van der Waals surface area contributed by atoms with Crippen LogP contribution in [0.3, 0.4) is 0 Å². The lowest BCUT2D eigenvalue weighted by atomic mass is 9.31. The van der Waals surface area contributed by atoms with Crippen molar-refractivity contribution in [2.24, 2.45) is 0 Å². The zero-order valence-corrected chi connectivity index (χ0v) is 63.7. The summed E-state index contributed by atoms with van der Waals surface area (Å²) in [5, 5.41) is 0. The summed E-state index contributed by atoms with van der Waals surface area (Å²) in [5.41, 5.74) is 37.1. The minimum atomic E-state index is -0.332. The third-order valence-corrected chi connectivity index (χ3v) is 26.5. The van der Waals surface area contributed by atoms with Gasteiger partial charge in [-0.3, -0.25) is 0 Å². The molecule has 0 saturated heterocycles. The topological polar surface area (TPSA) is 9.72 Å². The molecule has 0 unspecified atom stereocenters. The van der Waals surface area contributed by atoms with Crippen LogP contribution in [0.4, 0.5) is 51.2 Å². The summed E-state index contributed by atoms with van der Waals surface area (Å²) in [4.78, 5) is 8.24. The van der Waals surface area contributed by atoms with Gasteiger partial charge in [-0.05, 0) is 285 Å². The van der Waals surface area contributed by atoms with Crippen LogP contribution >= 0.6 is 0 Å². The first-order valence-corrected chi connectivity index (χ1v) is 37.1. The molecule has 5 aliphatic carbocycles. The molecule has 0 spiro atoms. The number of aryl methyl sites for hydroxylation is 1. The van der Waals surface area contributed by atoms with Crippen LogP contribution in [0.25, 0.3) is 11.1 Å². The molecule has 498 valence electrons. The molecule has 0 aromatic heterocycles. The van der Waals surface area contributed by atoms with Crippen LogP contribution in [0.2, 0.25) is 0 Å². The second-order valence-electron chi connectivity index (χ2n) is 39.4. The van der Waals surface area contributed by atoms with Gasteiger partial charge in [-0.15, -0.1) is 0 Å². The summed E-state index contributed by atoms with van der Waals surface area (Å²) in [7, 11) is 0. The van der Waals surface area contributed by atoms with E-state index < -0.39 is 0 Å². The van der Waals surface area contributed by atoms with Crippen LogP contribution in [0.1, 0.15) is 290 Å². The molecular formula is C92H112BN3. The molecule has 2 heterocycles. The zero-order valence-electron chi connectivity index (χ0n) is 63.7. The summed E-state index contributed by atoms with van der Waals surface area (Å²) in [6.45, 7) is 61.8. The summed E-state index contributed by atoms with van der Waals surface area (Å²) < 4.78 is 0. The monoisotopic (exact) mass is 1270 g/mol. The third kappa shape index (κ3) is 9.65. The van der Waals surface area contributed by atoms with E-state index in [1.807, 2.05) is 0 Å². The normalized spacial score (nSPS) is 20.9. The number of hydrogen-bond acceptors (Lipinski definition) is 3. The molecule has 96 heavy (non-hydrogen) atoms. The van der Waals surface area contributed by atoms with Gasteiger partial charge in [-0.2, -0.15) is 0 Å². The van der Waals surface area contributed by atoms with E-state index in [0.29, 0.717) is 0 Å². The lowest BCUT2D eigenvalue weighted by Gasteiger charge is -2.49. The van der Waals surface area contributed by atoms with E-state index in [2.05, 4.69) is 315 Å². The molecule has 0 atom stereocenters. The van der Waals surface area contributed by atoms with E-state index in [1.54, 1.807) is 5.56 Å². The fourth-order valence-electron chi connectivity index (χ4n) is 19.5. The molecule has 8 aromatic carbocycles. The van der Waals surface area contributed by atoms with Gasteiger partial charge < -0.3 is 14.7 Å². The van der Waals surface area contributed by atoms with Gasteiger partial charge in [0, 0.05) is 50.9 Å². The first-order valence-electron chi connectivity index (χ1n) is 37.1. The molecule has 15 rings (SSSR count). The van der Waals surface area contributed by atoms with E-state index in [1.165, 1.54) is 154 Å². The second kappa shape index (κ2) is 20.4. The van der Waals surface area contributed by atoms with Crippen molar-refractivity contribution in [1.82, 2.24) is 0 Å². The molecule has 0 radical (unpaired) electrons. The highest BCUT2D eigenvalue weighted by molar-refractivity contribution is 7.00. The quantitative estimate of drug-likeness (QED) is 0.159. The maximum absolute atomic E-state index is 2.83. The highest BCUT2D eigenvalue weighted by atomic mass is 15.2. The lowest BCUT2D eigenvalue weighted by molar-refractivity contribution is 0.331. The fraction of sp³-hybridized carbons (Fsp3) is 0.478. The van der Waals surface area contributed by atoms with Gasteiger partial charge in [0.2, 0.25) is 0 Å². The highest BCUT2D eigenvalue weighted by Crippen LogP contribution is 2.60. The predicted molar refractivity (Wildman–Crippen MR) is 416 cm³/mol. The van der Waals surface area contributed by atoms with Crippen LogP contribution < -0.4 is 31.1 Å². The number of fused-ring (bicyclic) bond motifs is 12. The Labute approximate surface area is 580 Å². The molecule has 7 aliphatic rings. The van der Waals surface area contributed by atoms with E-state index in [4.69, 9.17) is 0 Å². The number of hydrogen-bond donors (Lipinski definition) is 0. The van der Waals surface area contributed by atoms with Gasteiger partial charge in [0.15, 0.2) is 0 Å². The Kier molecular flexibility index (Phi) is 13.9. The molecule has 0 saturated carbocycles. The van der Waals surface area contributed by atoms with Crippen LogP contribution in [0.5, 0.6) is 0 Å². The van der Waals surface area contributed by atoms with Gasteiger partial charge in [0.25, 0.3) is 6.71 Å². The van der Waals surface area contributed by atoms with E-state index >= 15 is 0 Å². The molecule has 3 nitrogen and oxygen atoms in total. The Hall–Kier alpha value is -6.78. The van der Waals surface area contributed by atoms with Crippen molar-refractivity contribution in [2.45, 2.75) is 284 Å². The first-order chi connectivity index (χ1) is 44.5. The van der Waals surface area contributed by atoms with Crippen LogP contribution in [0.15, 0.2) is 127 Å². The van der Waals surface area contributed by atoms with Crippen molar-refractivity contribution in [3.8, 4) is 11.1 Å². The Bertz CT molecular complexity index is 4530. The summed E-state index contributed by atoms with van der Waals surface area (Å²) in [6, 6.07) is 53.7. The van der Waals surface area contributed by atoms with Crippen molar-refractivity contribution in [3.05, 3.63) is 200 Å². The lowest BCUT2D eigenvalue weighted by Crippen LogP contribution is -2.63. The van der Waals surface area contributed by atoms with Crippen molar-refractivity contribution in [3.63, 3.8) is 0 Å². The average Bonchev–Trinajstić information content (AvgIpc) is 1.00. The van der Waals surface area contributed by atoms with E-state index in [-0.39, 0.29) is 66.3 Å². The fourth-order valence-corrected chi connectivity index (χ4v) is 19.5. The van der Waals surface area contributed by atoms with Crippen molar-refractivity contribution in [2.75, 3.05) is 14.7 Å². The predicted octanol–water partition coefficient (Wildman–Crippen LogP) is 23.8. The largest absolute Gasteiger partial charge is 0.311 e. The number of rotatable bonds is 5. The highest BCUT2D eigenvalue weighted by Gasteiger charge is 2.53. The maximum Gasteiger partial charge on any atom is 0.252 e. The molecule has 0 fully saturated rings. The summed E-state index contributed by atoms with van der Waals surface area (Å²) in [5.74, 6) is 0. The van der Waals surface area contributed by atoms with Crippen molar-refractivity contribution >= 4 is 74.3 Å². The number of anilines is 9. The standard InChI is InChI=1S/C92H112BN3/c1-55-46-66-71(90(20,21)44-40-85(66,10)11)53-75(55)96-74-37-35-62-63-50-68-69(88(16,17)42-41-87(68,14)15)51-65(63)92(24,25)79(62)81(74)93-73-52-70-72(91(22,23)45-43-89(70,18)19)54-76(73)95(60-34-36-64-67(47-60)86(12,13)39-38-84(64,8)9)77-48-61(49-78(96)80(77)93)94(58-30-26-56(27-31-58)82(2,3)4)59-32-28-57(29-33-59)83(5,6)7/h26-37,46-54H,38-45H2,1-25H3. The van der Waals surface area contributed by atoms with E-state index in [9.17, 15) is 0 Å². The van der Waals surface area contributed by atoms with Gasteiger partial charge in [0.1, 0.15) is 0 Å². The Morgan fingerprint density at radius 2 is 0.729 bits per heavy atom. The van der Waals surface area contributed by atoms with Crippen molar-refractivity contribution in [1.29, 1.82) is 0 Å². The second-order valence-corrected chi connectivity index (χ2v) is 39.4. The number of nitrogens with zero attached hydrogens (tertiary/aromatic N) is 3. The van der Waals surface area contributed by atoms with Gasteiger partial charge >= 0.3 is 0 Å². The summed E-state index contributed by atoms with van der Waals surface area (Å²) in [6.07, 6.45) is 9.30. The first kappa shape index (κ1) is 65.2. The van der Waals surface area contributed by atoms with Gasteiger partial charge in [0.05, 0.1) is 5.69 Å². The molecule has 2 aliphatic heterocycles. The Morgan fingerprint density at radius 3 is 1.21 bits per heavy atom. The maximum atomic E-state index is 2.83. The van der Waals surface area contributed by atoms with Gasteiger partial charge in [-0.25, -0.2) is 0 Å². The molecule has 0 amide bonds. The zero-order chi connectivity index (χ0) is 68.9. The minimum Gasteiger partial charge on any atom is -0.311 e. The third-order valence-electron chi connectivity index (χ3n) is 26.5. The van der Waals surface area contributed by atoms with Crippen LogP contribution in [0, 0.1) is 6.92 Å². The van der Waals surface area contributed by atoms with Crippen LogP contribution in [-0.4, -0.2) is 6.71 Å². The van der Waals surface area contributed by atoms with Crippen LogP contribution in [-0.2, 0) is 59.6 Å². The molecule has 0 N–H and O–H groups in total. The minimum absolute atomic E-state index is 0.00671. The smallest absolute Gasteiger partial charge is 0.252 e.